The number of hydrogen-bond donors (Lipinski definition) is 0. The van der Waals surface area contributed by atoms with Crippen molar-refractivity contribution in [3.8, 4) is 22.6 Å². The Morgan fingerprint density at radius 3 is 2.15 bits per heavy atom. The Kier molecular flexibility index (Phi) is 8.08. The first-order chi connectivity index (χ1) is 29.5. The molecular formula is C57H49NO2. The maximum Gasteiger partial charge on any atom is 0.180 e. The maximum absolute atomic E-state index is 7.86. The fraction of sp³-hybridized carbons (Fsp3) is 0.228. The molecule has 0 aromatic heterocycles. The highest BCUT2D eigenvalue weighted by atomic mass is 16.5. The Hall–Kier alpha value is -6.32. The van der Waals surface area contributed by atoms with Gasteiger partial charge in [-0.2, -0.15) is 0 Å². The van der Waals surface area contributed by atoms with Gasteiger partial charge in [0.2, 0.25) is 0 Å². The molecule has 0 bridgehead atoms. The van der Waals surface area contributed by atoms with Crippen LogP contribution in [0, 0.1) is 13.8 Å². The lowest BCUT2D eigenvalue weighted by molar-refractivity contribution is 0.155. The van der Waals surface area contributed by atoms with E-state index in [-0.39, 0.29) is 0 Å². The molecule has 0 amide bonds. The molecule has 3 nitrogen and oxygen atoms in total. The molecule has 12 rings (SSSR count). The van der Waals surface area contributed by atoms with Crippen LogP contribution in [0.3, 0.4) is 0 Å². The molecule has 1 spiro atoms. The molecule has 2 aliphatic carbocycles. The van der Waals surface area contributed by atoms with Gasteiger partial charge < -0.3 is 14.4 Å². The third-order valence-electron chi connectivity index (χ3n) is 14.2. The quantitative estimate of drug-likeness (QED) is 0.166. The van der Waals surface area contributed by atoms with Gasteiger partial charge in [-0.25, -0.2) is 0 Å². The SMILES string of the molecule is Cc1ccc2c(c1)C1(C=Cc3c(C4CC=CCC4)cc4ccccc4c3O1)c1c3c(c4cc(C)ccc4c1-2)OC(c1ccccc1)(c1ccc(N2CCCCC2)cc1)C=C3. The lowest BCUT2D eigenvalue weighted by atomic mass is 9.78. The normalized spacial score (nSPS) is 22.3. The van der Waals surface area contributed by atoms with Gasteiger partial charge in [0.25, 0.3) is 0 Å². The molecule has 3 unspecified atom stereocenters. The summed E-state index contributed by atoms with van der Waals surface area (Å²) in [6.07, 6.45) is 21.3. The summed E-state index contributed by atoms with van der Waals surface area (Å²) in [7, 11) is 0. The molecular weight excluding hydrogens is 731 g/mol. The van der Waals surface area contributed by atoms with Gasteiger partial charge in [-0.3, -0.25) is 0 Å². The number of rotatable bonds is 4. The Morgan fingerprint density at radius 1 is 0.600 bits per heavy atom. The van der Waals surface area contributed by atoms with E-state index in [1.165, 1.54) is 74.7 Å². The molecule has 1 fully saturated rings. The molecule has 1 saturated heterocycles. The fourth-order valence-electron chi connectivity index (χ4n) is 11.2. The van der Waals surface area contributed by atoms with Crippen LogP contribution in [0.25, 0.3) is 44.8 Å². The molecule has 3 aliphatic heterocycles. The number of aryl methyl sites for hydroxylation is 2. The standard InChI is InChI=1S/C57H49NO2/c1-37-20-26-45-50(34-37)55-48(29-30-56(59-55,41-17-8-4-9-18-41)42-22-24-43(25-23-42)58-32-12-5-13-33-58)53-52(45)47-27-21-38(2)35-51(47)57(53)31-28-46-49(39-14-6-3-7-15-39)36-40-16-10-11-19-44(40)54(46)60-57/h3-4,6,8-11,16-31,34-36,39H,5,7,12-15,32-33H2,1-2H3. The van der Waals surface area contributed by atoms with Crippen LogP contribution in [0.5, 0.6) is 11.5 Å². The largest absolute Gasteiger partial charge is 0.472 e. The van der Waals surface area contributed by atoms with Crippen LogP contribution < -0.4 is 14.4 Å². The lowest BCUT2D eigenvalue weighted by Crippen LogP contribution is -2.37. The van der Waals surface area contributed by atoms with Crippen LogP contribution in [-0.4, -0.2) is 13.1 Å². The van der Waals surface area contributed by atoms with E-state index >= 15 is 0 Å². The van der Waals surface area contributed by atoms with E-state index < -0.39 is 11.2 Å². The van der Waals surface area contributed by atoms with Crippen LogP contribution in [0.1, 0.15) is 94.5 Å². The summed E-state index contributed by atoms with van der Waals surface area (Å²) < 4.78 is 15.6. The predicted molar refractivity (Wildman–Crippen MR) is 248 cm³/mol. The third kappa shape index (κ3) is 5.27. The molecule has 3 heterocycles. The van der Waals surface area contributed by atoms with Crippen molar-refractivity contribution in [2.45, 2.75) is 69.5 Å². The molecule has 0 saturated carbocycles. The van der Waals surface area contributed by atoms with Gasteiger partial charge in [0.05, 0.1) is 0 Å². The van der Waals surface area contributed by atoms with Gasteiger partial charge in [-0.15, -0.1) is 0 Å². The summed E-state index contributed by atoms with van der Waals surface area (Å²) in [4.78, 5) is 2.53. The molecule has 5 aliphatic rings. The zero-order valence-electron chi connectivity index (χ0n) is 34.5. The summed E-state index contributed by atoms with van der Waals surface area (Å²) in [5.74, 6) is 2.34. The molecule has 294 valence electrons. The van der Waals surface area contributed by atoms with E-state index in [9.17, 15) is 0 Å². The Morgan fingerprint density at radius 2 is 1.32 bits per heavy atom. The van der Waals surface area contributed by atoms with Crippen molar-refractivity contribution in [2.75, 3.05) is 18.0 Å². The summed E-state index contributed by atoms with van der Waals surface area (Å²) in [5.41, 5.74) is 12.7. The first-order valence-electron chi connectivity index (χ1n) is 22.1. The second-order valence-electron chi connectivity index (χ2n) is 17.8. The van der Waals surface area contributed by atoms with Crippen LogP contribution >= 0.6 is 0 Å². The van der Waals surface area contributed by atoms with E-state index in [1.54, 1.807) is 0 Å². The van der Waals surface area contributed by atoms with Crippen molar-refractivity contribution in [2.24, 2.45) is 0 Å². The second kappa shape index (κ2) is 13.6. The zero-order valence-corrected chi connectivity index (χ0v) is 34.5. The minimum absolute atomic E-state index is 0.456. The fourth-order valence-corrected chi connectivity index (χ4v) is 11.2. The van der Waals surface area contributed by atoms with Gasteiger partial charge in [0.15, 0.2) is 11.2 Å². The topological polar surface area (TPSA) is 21.7 Å². The minimum Gasteiger partial charge on any atom is -0.472 e. The van der Waals surface area contributed by atoms with E-state index in [0.717, 1.165) is 76.9 Å². The zero-order chi connectivity index (χ0) is 40.0. The summed E-state index contributed by atoms with van der Waals surface area (Å²) in [6, 6.07) is 45.0. The van der Waals surface area contributed by atoms with Gasteiger partial charge in [0, 0.05) is 62.9 Å². The highest BCUT2D eigenvalue weighted by Gasteiger charge is 2.51. The minimum atomic E-state index is -0.878. The number of anilines is 1. The van der Waals surface area contributed by atoms with Crippen LogP contribution in [-0.2, 0) is 11.2 Å². The summed E-state index contributed by atoms with van der Waals surface area (Å²) >= 11 is 0. The van der Waals surface area contributed by atoms with Gasteiger partial charge in [-0.05, 0) is 122 Å². The number of benzene rings is 7. The van der Waals surface area contributed by atoms with Crippen molar-refractivity contribution in [1.82, 2.24) is 0 Å². The highest BCUT2D eigenvalue weighted by Crippen LogP contribution is 2.61. The van der Waals surface area contributed by atoms with E-state index in [4.69, 9.17) is 9.47 Å². The average molecular weight is 780 g/mol. The molecule has 0 radical (unpaired) electrons. The maximum atomic E-state index is 7.86. The Balaban J connectivity index is 1.11. The van der Waals surface area contributed by atoms with Gasteiger partial charge >= 0.3 is 0 Å². The third-order valence-corrected chi connectivity index (χ3v) is 14.2. The Bertz CT molecular complexity index is 2970. The number of hydrogen-bond acceptors (Lipinski definition) is 3. The number of piperidine rings is 1. The van der Waals surface area contributed by atoms with Crippen molar-refractivity contribution in [1.29, 1.82) is 0 Å². The smallest absolute Gasteiger partial charge is 0.180 e. The molecule has 7 aromatic rings. The number of ether oxygens (including phenoxy) is 2. The monoisotopic (exact) mass is 779 g/mol. The molecule has 0 N–H and O–H groups in total. The van der Waals surface area contributed by atoms with E-state index in [0.29, 0.717) is 5.92 Å². The van der Waals surface area contributed by atoms with E-state index in [2.05, 4.69) is 177 Å². The van der Waals surface area contributed by atoms with Crippen molar-refractivity contribution < 1.29 is 9.47 Å². The molecule has 3 atom stereocenters. The van der Waals surface area contributed by atoms with Crippen LogP contribution in [0.2, 0.25) is 0 Å². The van der Waals surface area contributed by atoms with Crippen LogP contribution in [0.15, 0.2) is 146 Å². The highest BCUT2D eigenvalue weighted by molar-refractivity contribution is 6.09. The lowest BCUT2D eigenvalue weighted by Gasteiger charge is -2.40. The number of fused-ring (bicyclic) bond motifs is 13. The molecule has 60 heavy (non-hydrogen) atoms. The number of allylic oxidation sites excluding steroid dienone is 2. The summed E-state index contributed by atoms with van der Waals surface area (Å²) in [6.45, 7) is 6.62. The van der Waals surface area contributed by atoms with Gasteiger partial charge in [0.1, 0.15) is 11.5 Å². The first kappa shape index (κ1) is 35.6. The van der Waals surface area contributed by atoms with Gasteiger partial charge in [-0.1, -0.05) is 132 Å². The van der Waals surface area contributed by atoms with Crippen molar-refractivity contribution >= 4 is 39.4 Å². The van der Waals surface area contributed by atoms with Crippen molar-refractivity contribution in [3.63, 3.8) is 0 Å². The average Bonchev–Trinajstić information content (AvgIpc) is 3.57. The summed E-state index contributed by atoms with van der Waals surface area (Å²) in [5, 5.41) is 4.69. The molecule has 3 heteroatoms. The van der Waals surface area contributed by atoms with E-state index in [1.807, 2.05) is 0 Å². The number of nitrogens with zero attached hydrogens (tertiary/aromatic N) is 1. The van der Waals surface area contributed by atoms with Crippen molar-refractivity contribution in [3.05, 3.63) is 196 Å². The Labute approximate surface area is 353 Å². The van der Waals surface area contributed by atoms with Crippen LogP contribution in [0.4, 0.5) is 5.69 Å². The predicted octanol–water partition coefficient (Wildman–Crippen LogP) is 14.1. The first-order valence-corrected chi connectivity index (χ1v) is 22.1. The molecule has 7 aromatic carbocycles. The second-order valence-corrected chi connectivity index (χ2v) is 17.8.